The Balaban J connectivity index is 1.61. The minimum atomic E-state index is -1.06. The average Bonchev–Trinajstić information content (AvgIpc) is 3.32. The number of carbonyl (C=O) groups excluding carboxylic acids is 2. The zero-order valence-electron chi connectivity index (χ0n) is 14.8. The van der Waals surface area contributed by atoms with Crippen LogP contribution in [0.4, 0.5) is 0 Å². The lowest BCUT2D eigenvalue weighted by atomic mass is 9.83. The second-order valence-corrected chi connectivity index (χ2v) is 7.99. The molecule has 4 heterocycles. The van der Waals surface area contributed by atoms with Crippen molar-refractivity contribution in [2.75, 3.05) is 13.1 Å². The number of rotatable bonds is 2. The lowest BCUT2D eigenvalue weighted by Crippen LogP contribution is -2.65. The summed E-state index contributed by atoms with van der Waals surface area (Å²) in [6, 6.07) is 11.9. The molecule has 1 fully saturated rings. The van der Waals surface area contributed by atoms with Gasteiger partial charge in [-0.3, -0.25) is 9.59 Å². The second-order valence-electron chi connectivity index (χ2n) is 7.01. The van der Waals surface area contributed by atoms with Crippen molar-refractivity contribution in [2.24, 2.45) is 5.10 Å². The first-order valence-electron chi connectivity index (χ1n) is 8.89. The Labute approximate surface area is 160 Å². The molecule has 0 aliphatic carbocycles. The largest absolute Gasteiger partial charge is 0.356 e. The number of amides is 2. The number of hydrazone groups is 1. The Bertz CT molecular complexity index is 1080. The summed E-state index contributed by atoms with van der Waals surface area (Å²) in [5.41, 5.74) is 1.86. The number of thiophene rings is 1. The van der Waals surface area contributed by atoms with E-state index in [1.54, 1.807) is 11.1 Å². The summed E-state index contributed by atoms with van der Waals surface area (Å²) in [4.78, 5) is 32.3. The van der Waals surface area contributed by atoms with Gasteiger partial charge in [-0.15, -0.1) is 11.3 Å². The fraction of sp³-hybridized carbons (Fsp3) is 0.250. The third kappa shape index (κ3) is 2.28. The maximum Gasteiger partial charge on any atom is 0.275 e. The number of hydrogen-bond donors (Lipinski definition) is 1. The highest BCUT2D eigenvalue weighted by molar-refractivity contribution is 7.11. The highest BCUT2D eigenvalue weighted by atomic mass is 32.1. The molecule has 2 aliphatic heterocycles. The molecule has 136 valence electrons. The van der Waals surface area contributed by atoms with Gasteiger partial charge < -0.3 is 9.88 Å². The monoisotopic (exact) mass is 378 g/mol. The van der Waals surface area contributed by atoms with Gasteiger partial charge in [0.1, 0.15) is 6.54 Å². The van der Waals surface area contributed by atoms with Gasteiger partial charge in [-0.05, 0) is 36.4 Å². The Morgan fingerprint density at radius 2 is 2.07 bits per heavy atom. The number of aromatic amines is 1. The third-order valence-electron chi connectivity index (χ3n) is 5.53. The predicted octanol–water partition coefficient (Wildman–Crippen LogP) is 2.71. The molecule has 0 spiro atoms. The third-order valence-corrected chi connectivity index (χ3v) is 6.34. The number of aromatic nitrogens is 1. The standard InChI is InChI=1S/C20H18N4O2S/c1-20-18-15(14-6-2-3-7-16(14)22-18)8-9-23(20)17(25)12-24(19(20)26)21-11-13-5-4-10-27-13/h2-7,10-11,22H,8-9,12H2,1H3/b21-11+/t20-/m1/s1. The molecular formula is C20H18N4O2S. The number of piperazine rings is 1. The summed E-state index contributed by atoms with van der Waals surface area (Å²) in [6.45, 7) is 2.34. The Hall–Kier alpha value is -2.93. The minimum absolute atomic E-state index is 0.0220. The summed E-state index contributed by atoms with van der Waals surface area (Å²) >= 11 is 1.54. The fourth-order valence-corrected chi connectivity index (χ4v) is 4.75. The van der Waals surface area contributed by atoms with Crippen LogP contribution in [0.1, 0.15) is 23.1 Å². The molecule has 7 heteroatoms. The van der Waals surface area contributed by atoms with Crippen LogP contribution in [-0.4, -0.2) is 46.0 Å². The number of benzene rings is 1. The van der Waals surface area contributed by atoms with Crippen molar-refractivity contribution in [3.8, 4) is 0 Å². The number of nitrogens with zero attached hydrogens (tertiary/aromatic N) is 3. The zero-order valence-corrected chi connectivity index (χ0v) is 15.6. The van der Waals surface area contributed by atoms with Gasteiger partial charge >= 0.3 is 0 Å². The van der Waals surface area contributed by atoms with E-state index in [1.165, 1.54) is 16.3 Å². The molecular weight excluding hydrogens is 360 g/mol. The van der Waals surface area contributed by atoms with E-state index in [9.17, 15) is 9.59 Å². The molecule has 27 heavy (non-hydrogen) atoms. The maximum absolute atomic E-state index is 13.4. The summed E-state index contributed by atoms with van der Waals surface area (Å²) in [6.07, 6.45) is 2.39. The van der Waals surface area contributed by atoms with E-state index in [0.717, 1.165) is 33.5 Å². The van der Waals surface area contributed by atoms with E-state index in [2.05, 4.69) is 16.2 Å². The van der Waals surface area contributed by atoms with Crippen LogP contribution < -0.4 is 0 Å². The second kappa shape index (κ2) is 5.79. The van der Waals surface area contributed by atoms with Crippen LogP contribution >= 0.6 is 11.3 Å². The molecule has 0 saturated carbocycles. The minimum Gasteiger partial charge on any atom is -0.356 e. The van der Waals surface area contributed by atoms with Gasteiger partial charge in [0.2, 0.25) is 5.91 Å². The van der Waals surface area contributed by atoms with Crippen molar-refractivity contribution < 1.29 is 9.59 Å². The highest BCUT2D eigenvalue weighted by Crippen LogP contribution is 2.41. The molecule has 3 aromatic rings. The molecule has 5 rings (SSSR count). The summed E-state index contributed by atoms with van der Waals surface area (Å²) in [5.74, 6) is -0.257. The number of fused-ring (bicyclic) bond motifs is 5. The quantitative estimate of drug-likeness (QED) is 0.697. The molecule has 2 aliphatic rings. The van der Waals surface area contributed by atoms with Crippen LogP contribution in [0.3, 0.4) is 0 Å². The summed E-state index contributed by atoms with van der Waals surface area (Å²) in [7, 11) is 0. The Morgan fingerprint density at radius 3 is 2.89 bits per heavy atom. The van der Waals surface area contributed by atoms with Crippen molar-refractivity contribution in [2.45, 2.75) is 18.9 Å². The number of para-hydroxylation sites is 1. The summed E-state index contributed by atoms with van der Waals surface area (Å²) < 4.78 is 0. The van der Waals surface area contributed by atoms with Crippen LogP contribution in [-0.2, 0) is 21.5 Å². The smallest absolute Gasteiger partial charge is 0.275 e. The molecule has 1 atom stereocenters. The average molecular weight is 378 g/mol. The normalized spacial score (nSPS) is 22.6. The number of hydrogen-bond acceptors (Lipinski definition) is 4. The molecule has 2 aromatic heterocycles. The lowest BCUT2D eigenvalue weighted by Gasteiger charge is -2.48. The van der Waals surface area contributed by atoms with E-state index in [-0.39, 0.29) is 18.4 Å². The molecule has 6 nitrogen and oxygen atoms in total. The first-order valence-corrected chi connectivity index (χ1v) is 9.77. The fourth-order valence-electron chi connectivity index (χ4n) is 4.18. The topological polar surface area (TPSA) is 68.8 Å². The molecule has 0 bridgehead atoms. The first kappa shape index (κ1) is 16.3. The van der Waals surface area contributed by atoms with E-state index in [1.807, 2.05) is 42.6 Å². The van der Waals surface area contributed by atoms with E-state index in [0.29, 0.717) is 6.54 Å². The van der Waals surface area contributed by atoms with Crippen molar-refractivity contribution in [1.82, 2.24) is 14.9 Å². The zero-order chi connectivity index (χ0) is 18.6. The van der Waals surface area contributed by atoms with Crippen molar-refractivity contribution in [3.05, 3.63) is 57.9 Å². The first-order chi connectivity index (χ1) is 13.1. The van der Waals surface area contributed by atoms with Crippen molar-refractivity contribution >= 4 is 40.3 Å². The molecule has 1 aromatic carbocycles. The Morgan fingerprint density at radius 1 is 1.22 bits per heavy atom. The van der Waals surface area contributed by atoms with Crippen molar-refractivity contribution in [3.63, 3.8) is 0 Å². The van der Waals surface area contributed by atoms with Gasteiger partial charge in [-0.25, -0.2) is 5.01 Å². The maximum atomic E-state index is 13.4. The number of carbonyl (C=O) groups is 2. The van der Waals surface area contributed by atoms with Crippen LogP contribution in [0.2, 0.25) is 0 Å². The van der Waals surface area contributed by atoms with Crippen molar-refractivity contribution in [1.29, 1.82) is 0 Å². The van der Waals surface area contributed by atoms with Crippen LogP contribution in [0, 0.1) is 0 Å². The van der Waals surface area contributed by atoms with Gasteiger partial charge in [0.05, 0.1) is 11.9 Å². The van der Waals surface area contributed by atoms with Crippen LogP contribution in [0.25, 0.3) is 10.9 Å². The predicted molar refractivity (Wildman–Crippen MR) is 105 cm³/mol. The molecule has 2 amide bonds. The summed E-state index contributed by atoms with van der Waals surface area (Å²) in [5, 5.41) is 8.70. The van der Waals surface area contributed by atoms with E-state index < -0.39 is 5.54 Å². The van der Waals surface area contributed by atoms with Gasteiger partial charge in [0.15, 0.2) is 5.54 Å². The number of H-pyrrole nitrogens is 1. The van der Waals surface area contributed by atoms with Gasteiger partial charge in [-0.1, -0.05) is 24.3 Å². The molecule has 1 saturated heterocycles. The highest BCUT2D eigenvalue weighted by Gasteiger charge is 2.54. The van der Waals surface area contributed by atoms with Gasteiger partial charge in [0, 0.05) is 22.3 Å². The van der Waals surface area contributed by atoms with E-state index >= 15 is 0 Å². The number of nitrogens with one attached hydrogen (secondary N) is 1. The SMILES string of the molecule is C[C@@]12C(=O)N(/N=C/c3cccs3)CC(=O)N1CCc1c2[nH]c2ccccc12. The molecule has 0 unspecified atom stereocenters. The molecule has 0 radical (unpaired) electrons. The van der Waals surface area contributed by atoms with Gasteiger partial charge in [0.25, 0.3) is 5.91 Å². The lowest BCUT2D eigenvalue weighted by molar-refractivity contribution is -0.165. The van der Waals surface area contributed by atoms with Gasteiger partial charge in [-0.2, -0.15) is 5.10 Å². The Kier molecular flexibility index (Phi) is 3.48. The van der Waals surface area contributed by atoms with Crippen LogP contribution in [0.5, 0.6) is 0 Å². The molecule has 1 N–H and O–H groups in total. The van der Waals surface area contributed by atoms with E-state index in [4.69, 9.17) is 0 Å². The van der Waals surface area contributed by atoms with Crippen LogP contribution in [0.15, 0.2) is 46.9 Å².